The molecule has 0 amide bonds. The van der Waals surface area contributed by atoms with Crippen LogP contribution in [0.1, 0.15) is 20.3 Å². The molecule has 0 radical (unpaired) electrons. The molecule has 0 aliphatic carbocycles. The smallest absolute Gasteiger partial charge is 0.119 e. The van der Waals surface area contributed by atoms with Gasteiger partial charge in [-0.3, -0.25) is 0 Å². The minimum absolute atomic E-state index is 0.288. The molecule has 0 spiro atoms. The first kappa shape index (κ1) is 15.3. The highest BCUT2D eigenvalue weighted by molar-refractivity contribution is 6.30. The summed E-state index contributed by atoms with van der Waals surface area (Å²) in [5.74, 6) is 1.40. The van der Waals surface area contributed by atoms with Crippen LogP contribution in [0.4, 0.5) is 0 Å². The van der Waals surface area contributed by atoms with Crippen LogP contribution in [0, 0.1) is 5.92 Å². The van der Waals surface area contributed by atoms with E-state index in [0.29, 0.717) is 17.5 Å². The molecule has 1 atom stereocenters. The third-order valence-corrected chi connectivity index (χ3v) is 2.79. The molecule has 1 aromatic carbocycles. The average molecular weight is 272 g/mol. The average Bonchev–Trinajstić information content (AvgIpc) is 2.34. The number of halogens is 1. The van der Waals surface area contributed by atoms with Gasteiger partial charge in [-0.05, 0) is 43.1 Å². The topological polar surface area (TPSA) is 41.5 Å². The Morgan fingerprint density at radius 2 is 1.94 bits per heavy atom. The van der Waals surface area contributed by atoms with E-state index in [1.54, 1.807) is 24.3 Å². The van der Waals surface area contributed by atoms with Gasteiger partial charge in [-0.1, -0.05) is 25.4 Å². The highest BCUT2D eigenvalue weighted by atomic mass is 35.5. The summed E-state index contributed by atoms with van der Waals surface area (Å²) in [6.45, 7) is 6.13. The molecule has 0 fully saturated rings. The molecule has 0 heterocycles. The van der Waals surface area contributed by atoms with Gasteiger partial charge in [0.2, 0.25) is 0 Å². The number of rotatable bonds is 8. The Morgan fingerprint density at radius 3 is 2.56 bits per heavy atom. The summed E-state index contributed by atoms with van der Waals surface area (Å²) >= 11 is 5.77. The highest BCUT2D eigenvalue weighted by Gasteiger charge is 2.05. The highest BCUT2D eigenvalue weighted by Crippen LogP contribution is 2.15. The lowest BCUT2D eigenvalue weighted by molar-refractivity contribution is 0.106. The molecule has 0 aliphatic heterocycles. The van der Waals surface area contributed by atoms with Crippen molar-refractivity contribution in [3.8, 4) is 5.75 Å². The molecule has 102 valence electrons. The third-order valence-electron chi connectivity index (χ3n) is 2.53. The van der Waals surface area contributed by atoms with E-state index in [-0.39, 0.29) is 6.61 Å². The molecule has 2 N–H and O–H groups in total. The van der Waals surface area contributed by atoms with E-state index in [1.165, 1.54) is 0 Å². The molecular weight excluding hydrogens is 250 g/mol. The quantitative estimate of drug-likeness (QED) is 0.715. The van der Waals surface area contributed by atoms with Crippen LogP contribution in [0.3, 0.4) is 0 Å². The van der Waals surface area contributed by atoms with Gasteiger partial charge >= 0.3 is 0 Å². The molecule has 0 saturated carbocycles. The summed E-state index contributed by atoms with van der Waals surface area (Å²) in [6.07, 6.45) is 0.623. The van der Waals surface area contributed by atoms with E-state index in [0.717, 1.165) is 18.7 Å². The summed E-state index contributed by atoms with van der Waals surface area (Å²) in [5, 5.41) is 13.6. The van der Waals surface area contributed by atoms with Crippen molar-refractivity contribution >= 4 is 11.6 Å². The lowest BCUT2D eigenvalue weighted by Gasteiger charge is -2.13. The minimum Gasteiger partial charge on any atom is -0.491 e. The van der Waals surface area contributed by atoms with E-state index >= 15 is 0 Å². The van der Waals surface area contributed by atoms with Crippen LogP contribution in [0.2, 0.25) is 5.02 Å². The van der Waals surface area contributed by atoms with Crippen molar-refractivity contribution in [3.63, 3.8) is 0 Å². The number of nitrogens with one attached hydrogen (secondary N) is 1. The van der Waals surface area contributed by atoms with Crippen LogP contribution in [-0.2, 0) is 0 Å². The maximum atomic E-state index is 9.72. The van der Waals surface area contributed by atoms with Crippen LogP contribution < -0.4 is 10.1 Å². The van der Waals surface area contributed by atoms with Crippen molar-refractivity contribution in [2.45, 2.75) is 26.4 Å². The first-order valence-electron chi connectivity index (χ1n) is 6.35. The fourth-order valence-electron chi connectivity index (χ4n) is 1.44. The van der Waals surface area contributed by atoms with Gasteiger partial charge < -0.3 is 15.2 Å². The number of hydrogen-bond acceptors (Lipinski definition) is 3. The number of benzene rings is 1. The lowest BCUT2D eigenvalue weighted by atomic mass is 10.1. The van der Waals surface area contributed by atoms with Crippen LogP contribution in [0.25, 0.3) is 0 Å². The summed E-state index contributed by atoms with van der Waals surface area (Å²) in [6, 6.07) is 7.12. The molecule has 0 aromatic heterocycles. The second kappa shape index (κ2) is 8.35. The van der Waals surface area contributed by atoms with Crippen molar-refractivity contribution < 1.29 is 9.84 Å². The van der Waals surface area contributed by atoms with E-state index in [2.05, 4.69) is 19.2 Å². The predicted octanol–water partition coefficient (Wildman–Crippen LogP) is 2.72. The normalized spacial score (nSPS) is 12.7. The minimum atomic E-state index is -0.493. The van der Waals surface area contributed by atoms with Crippen molar-refractivity contribution in [2.75, 3.05) is 19.7 Å². The van der Waals surface area contributed by atoms with Gasteiger partial charge in [0.25, 0.3) is 0 Å². The maximum absolute atomic E-state index is 9.72. The van der Waals surface area contributed by atoms with Gasteiger partial charge in [0.05, 0.1) is 0 Å². The third kappa shape index (κ3) is 6.84. The Kier molecular flexibility index (Phi) is 7.09. The Morgan fingerprint density at radius 1 is 1.28 bits per heavy atom. The number of aliphatic hydroxyl groups is 1. The molecule has 0 saturated heterocycles. The molecule has 4 heteroatoms. The second-order valence-corrected chi connectivity index (χ2v) is 5.24. The number of aliphatic hydroxyl groups excluding tert-OH is 1. The zero-order chi connectivity index (χ0) is 13.4. The van der Waals surface area contributed by atoms with Gasteiger partial charge in [0.1, 0.15) is 18.5 Å². The van der Waals surface area contributed by atoms with E-state index in [9.17, 15) is 5.11 Å². The number of ether oxygens (including phenoxy) is 1. The van der Waals surface area contributed by atoms with Crippen LogP contribution >= 0.6 is 11.6 Å². The first-order valence-corrected chi connectivity index (χ1v) is 6.73. The molecular formula is C14H22ClNO2. The fraction of sp³-hybridized carbons (Fsp3) is 0.571. The van der Waals surface area contributed by atoms with Crippen molar-refractivity contribution in [3.05, 3.63) is 29.3 Å². The van der Waals surface area contributed by atoms with Crippen molar-refractivity contribution in [1.82, 2.24) is 5.32 Å². The van der Waals surface area contributed by atoms with Crippen molar-refractivity contribution in [2.24, 2.45) is 5.92 Å². The zero-order valence-corrected chi connectivity index (χ0v) is 11.8. The van der Waals surface area contributed by atoms with Crippen LogP contribution in [-0.4, -0.2) is 30.9 Å². The van der Waals surface area contributed by atoms with Gasteiger partial charge in [-0.25, -0.2) is 0 Å². The van der Waals surface area contributed by atoms with Crippen LogP contribution in [0.15, 0.2) is 24.3 Å². The Hall–Kier alpha value is -0.770. The Labute approximate surface area is 114 Å². The van der Waals surface area contributed by atoms with Crippen LogP contribution in [0.5, 0.6) is 5.75 Å². The van der Waals surface area contributed by atoms with Crippen molar-refractivity contribution in [1.29, 1.82) is 0 Å². The zero-order valence-electron chi connectivity index (χ0n) is 11.0. The molecule has 18 heavy (non-hydrogen) atoms. The summed E-state index contributed by atoms with van der Waals surface area (Å²) < 4.78 is 5.45. The summed E-state index contributed by atoms with van der Waals surface area (Å²) in [7, 11) is 0. The molecule has 1 rings (SSSR count). The van der Waals surface area contributed by atoms with Gasteiger partial charge in [0.15, 0.2) is 0 Å². The number of hydrogen-bond donors (Lipinski definition) is 2. The maximum Gasteiger partial charge on any atom is 0.119 e. The van der Waals surface area contributed by atoms with Gasteiger partial charge in [0, 0.05) is 11.6 Å². The van der Waals surface area contributed by atoms with Gasteiger partial charge in [-0.2, -0.15) is 0 Å². The first-order chi connectivity index (χ1) is 8.58. The van der Waals surface area contributed by atoms with Gasteiger partial charge in [-0.15, -0.1) is 0 Å². The molecule has 0 bridgehead atoms. The Balaban J connectivity index is 2.13. The molecule has 0 aliphatic rings. The van der Waals surface area contributed by atoms with E-state index < -0.39 is 6.10 Å². The second-order valence-electron chi connectivity index (χ2n) is 4.81. The largest absolute Gasteiger partial charge is 0.491 e. The summed E-state index contributed by atoms with van der Waals surface area (Å²) in [5.41, 5.74) is 0. The summed E-state index contributed by atoms with van der Waals surface area (Å²) in [4.78, 5) is 0. The fourth-order valence-corrected chi connectivity index (χ4v) is 1.57. The van der Waals surface area contributed by atoms with E-state index in [1.807, 2.05) is 0 Å². The van der Waals surface area contributed by atoms with E-state index in [4.69, 9.17) is 16.3 Å². The lowest BCUT2D eigenvalue weighted by Crippen LogP contribution is -2.32. The predicted molar refractivity (Wildman–Crippen MR) is 75.3 cm³/mol. The molecule has 1 unspecified atom stereocenters. The monoisotopic (exact) mass is 271 g/mol. The SMILES string of the molecule is CC(C)CCNCC(O)COc1ccc(Cl)cc1. The molecule has 3 nitrogen and oxygen atoms in total. The molecule has 1 aromatic rings. The Bertz CT molecular complexity index is 327. The standard InChI is InChI=1S/C14H22ClNO2/c1-11(2)7-8-16-9-13(17)10-18-14-5-3-12(15)4-6-14/h3-6,11,13,16-17H,7-10H2,1-2H3.